The predicted octanol–water partition coefficient (Wildman–Crippen LogP) is 0.162. The molecule has 0 aromatic rings. The van der Waals surface area contributed by atoms with Crippen LogP contribution < -0.4 is 0 Å². The minimum atomic E-state index is -3.53. The van der Waals surface area contributed by atoms with E-state index in [1.807, 2.05) is 0 Å². The largest absolute Gasteiger partial charge is 0.481 e. The molecule has 1 rings (SSSR count). The lowest BCUT2D eigenvalue weighted by Gasteiger charge is -2.33. The molecule has 20 heavy (non-hydrogen) atoms. The quantitative estimate of drug-likeness (QED) is 0.665. The molecule has 0 spiro atoms. The third kappa shape index (κ3) is 5.29. The van der Waals surface area contributed by atoms with E-state index < -0.39 is 28.0 Å². The van der Waals surface area contributed by atoms with Crippen molar-refractivity contribution in [1.29, 1.82) is 0 Å². The molecular formula is C11H19NO6S2. The minimum Gasteiger partial charge on any atom is -0.481 e. The van der Waals surface area contributed by atoms with Gasteiger partial charge >= 0.3 is 11.9 Å². The number of rotatable bonds is 7. The van der Waals surface area contributed by atoms with E-state index in [1.165, 1.54) is 11.4 Å². The van der Waals surface area contributed by atoms with E-state index in [4.69, 9.17) is 5.11 Å². The first kappa shape index (κ1) is 17.3. The maximum absolute atomic E-state index is 12.2. The summed E-state index contributed by atoms with van der Waals surface area (Å²) >= 11 is 1.55. The van der Waals surface area contributed by atoms with Crippen molar-refractivity contribution in [3.05, 3.63) is 0 Å². The summed E-state index contributed by atoms with van der Waals surface area (Å²) in [6, 6.07) is -0.505. The summed E-state index contributed by atoms with van der Waals surface area (Å²) in [5.41, 5.74) is 0. The van der Waals surface area contributed by atoms with E-state index in [0.29, 0.717) is 18.1 Å². The highest BCUT2D eigenvalue weighted by atomic mass is 32.2. The van der Waals surface area contributed by atoms with Crippen LogP contribution in [-0.4, -0.2) is 66.7 Å². The zero-order chi connectivity index (χ0) is 15.2. The van der Waals surface area contributed by atoms with Gasteiger partial charge in [0.1, 0.15) is 0 Å². The highest BCUT2D eigenvalue weighted by molar-refractivity contribution is 7.99. The highest BCUT2D eigenvalue weighted by Gasteiger charge is 2.33. The van der Waals surface area contributed by atoms with Gasteiger partial charge in [-0.2, -0.15) is 16.1 Å². The average Bonchev–Trinajstić information content (AvgIpc) is 2.38. The SMILES string of the molecule is COC(=O)CCCS(=O)(=O)N1CCSCC1CC(=O)O. The molecule has 7 nitrogen and oxygen atoms in total. The average molecular weight is 325 g/mol. The first-order valence-corrected chi connectivity index (χ1v) is 8.99. The van der Waals surface area contributed by atoms with Gasteiger partial charge in [-0.05, 0) is 6.42 Å². The fourth-order valence-corrected chi connectivity index (χ4v) is 4.98. The Bertz CT molecular complexity index is 450. The molecule has 1 aliphatic rings. The molecule has 1 atom stereocenters. The molecule has 1 unspecified atom stereocenters. The third-order valence-electron chi connectivity index (χ3n) is 2.95. The Kier molecular flexibility index (Phi) is 6.77. The summed E-state index contributed by atoms with van der Waals surface area (Å²) in [7, 11) is -2.28. The van der Waals surface area contributed by atoms with Crippen molar-refractivity contribution in [3.8, 4) is 0 Å². The van der Waals surface area contributed by atoms with Gasteiger partial charge in [-0.25, -0.2) is 8.42 Å². The summed E-state index contributed by atoms with van der Waals surface area (Å²) in [5.74, 6) is -0.471. The van der Waals surface area contributed by atoms with Crippen LogP contribution in [0.1, 0.15) is 19.3 Å². The summed E-state index contributed by atoms with van der Waals surface area (Å²) < 4.78 is 30.2. The number of carbonyl (C=O) groups excluding carboxylic acids is 1. The molecule has 9 heteroatoms. The van der Waals surface area contributed by atoms with E-state index in [9.17, 15) is 18.0 Å². The van der Waals surface area contributed by atoms with Crippen LogP contribution in [0.3, 0.4) is 0 Å². The lowest BCUT2D eigenvalue weighted by atomic mass is 10.2. The van der Waals surface area contributed by atoms with Crippen molar-refractivity contribution in [2.45, 2.75) is 25.3 Å². The van der Waals surface area contributed by atoms with E-state index in [2.05, 4.69) is 4.74 Å². The molecule has 0 radical (unpaired) electrons. The number of nitrogens with zero attached hydrogens (tertiary/aromatic N) is 1. The highest BCUT2D eigenvalue weighted by Crippen LogP contribution is 2.23. The van der Waals surface area contributed by atoms with Crippen LogP contribution in [-0.2, 0) is 24.3 Å². The van der Waals surface area contributed by atoms with Gasteiger partial charge < -0.3 is 9.84 Å². The smallest absolute Gasteiger partial charge is 0.305 e. The Hall–Kier alpha value is -0.800. The van der Waals surface area contributed by atoms with Crippen molar-refractivity contribution >= 4 is 33.7 Å². The molecule has 0 aromatic carbocycles. The number of ether oxygens (including phenoxy) is 1. The lowest BCUT2D eigenvalue weighted by molar-refractivity contribution is -0.140. The van der Waals surface area contributed by atoms with Crippen molar-refractivity contribution in [2.75, 3.05) is 30.9 Å². The van der Waals surface area contributed by atoms with E-state index >= 15 is 0 Å². The first-order valence-electron chi connectivity index (χ1n) is 6.22. The van der Waals surface area contributed by atoms with E-state index in [-0.39, 0.29) is 25.0 Å². The Morgan fingerprint density at radius 3 is 2.75 bits per heavy atom. The lowest BCUT2D eigenvalue weighted by Crippen LogP contribution is -2.47. The van der Waals surface area contributed by atoms with Crippen LogP contribution in [0, 0.1) is 0 Å². The number of sulfonamides is 1. The number of carbonyl (C=O) groups is 2. The Morgan fingerprint density at radius 2 is 2.15 bits per heavy atom. The normalized spacial score (nSPS) is 20.6. The number of carboxylic acids is 1. The van der Waals surface area contributed by atoms with Gasteiger partial charge in [0.15, 0.2) is 0 Å². The molecule has 1 heterocycles. The molecule has 1 aliphatic heterocycles. The maximum Gasteiger partial charge on any atom is 0.305 e. The van der Waals surface area contributed by atoms with E-state index in [1.54, 1.807) is 11.8 Å². The molecule has 0 aliphatic carbocycles. The summed E-state index contributed by atoms with van der Waals surface area (Å²) in [5, 5.41) is 8.84. The van der Waals surface area contributed by atoms with Crippen LogP contribution in [0.15, 0.2) is 0 Å². The summed E-state index contributed by atoms with van der Waals surface area (Å²) in [6.07, 6.45) is 0.0313. The summed E-state index contributed by atoms with van der Waals surface area (Å²) in [6.45, 7) is 0.323. The third-order valence-corrected chi connectivity index (χ3v) is 6.04. The number of hydrogen-bond acceptors (Lipinski definition) is 6. The maximum atomic E-state index is 12.2. The van der Waals surface area contributed by atoms with Gasteiger partial charge in [0.05, 0.1) is 19.3 Å². The van der Waals surface area contributed by atoms with Gasteiger partial charge in [-0.1, -0.05) is 0 Å². The van der Waals surface area contributed by atoms with Gasteiger partial charge in [-0.3, -0.25) is 9.59 Å². The fraction of sp³-hybridized carbons (Fsp3) is 0.818. The van der Waals surface area contributed by atoms with Gasteiger partial charge in [0.25, 0.3) is 0 Å². The molecule has 0 saturated carbocycles. The van der Waals surface area contributed by atoms with Crippen molar-refractivity contribution in [2.24, 2.45) is 0 Å². The molecule has 1 N–H and O–H groups in total. The van der Waals surface area contributed by atoms with Gasteiger partial charge in [0, 0.05) is 30.5 Å². The van der Waals surface area contributed by atoms with Crippen LogP contribution in [0.2, 0.25) is 0 Å². The standard InChI is InChI=1S/C11H19NO6S2/c1-18-11(15)3-2-6-20(16,17)12-4-5-19-8-9(12)7-10(13)14/h9H,2-8H2,1H3,(H,13,14). The molecule has 0 aromatic heterocycles. The zero-order valence-electron chi connectivity index (χ0n) is 11.3. The minimum absolute atomic E-state index is 0.0436. The molecule has 0 amide bonds. The van der Waals surface area contributed by atoms with Gasteiger partial charge in [-0.15, -0.1) is 0 Å². The van der Waals surface area contributed by atoms with Crippen LogP contribution >= 0.6 is 11.8 Å². The molecule has 1 saturated heterocycles. The van der Waals surface area contributed by atoms with Gasteiger partial charge in [0.2, 0.25) is 10.0 Å². The number of hydrogen-bond donors (Lipinski definition) is 1. The topological polar surface area (TPSA) is 101 Å². The molecular weight excluding hydrogens is 306 g/mol. The monoisotopic (exact) mass is 325 g/mol. The number of aliphatic carboxylic acids is 1. The molecule has 116 valence electrons. The second-order valence-electron chi connectivity index (χ2n) is 4.43. The molecule has 0 bridgehead atoms. The fourth-order valence-electron chi connectivity index (χ4n) is 1.99. The van der Waals surface area contributed by atoms with Crippen LogP contribution in [0.5, 0.6) is 0 Å². The van der Waals surface area contributed by atoms with E-state index in [0.717, 1.165) is 0 Å². The number of carboxylic acid groups (broad SMARTS) is 1. The Morgan fingerprint density at radius 1 is 1.45 bits per heavy atom. The predicted molar refractivity (Wildman–Crippen MR) is 75.1 cm³/mol. The zero-order valence-corrected chi connectivity index (χ0v) is 12.9. The second-order valence-corrected chi connectivity index (χ2v) is 7.62. The Labute approximate surface area is 122 Å². The van der Waals surface area contributed by atoms with Crippen LogP contribution in [0.25, 0.3) is 0 Å². The molecule has 1 fully saturated rings. The first-order chi connectivity index (χ1) is 9.36. The van der Waals surface area contributed by atoms with Crippen LogP contribution in [0.4, 0.5) is 0 Å². The second kappa shape index (κ2) is 7.84. The summed E-state index contributed by atoms with van der Waals surface area (Å²) in [4.78, 5) is 21.8. The number of methoxy groups -OCH3 is 1. The number of thioether (sulfide) groups is 1. The number of esters is 1. The van der Waals surface area contributed by atoms with Crippen molar-refractivity contribution in [1.82, 2.24) is 4.31 Å². The van der Waals surface area contributed by atoms with Crippen molar-refractivity contribution in [3.63, 3.8) is 0 Å². The Balaban J connectivity index is 2.62. The van der Waals surface area contributed by atoms with Crippen molar-refractivity contribution < 1.29 is 27.9 Å².